The van der Waals surface area contributed by atoms with Crippen molar-refractivity contribution in [3.05, 3.63) is 81.0 Å². The van der Waals surface area contributed by atoms with Crippen molar-refractivity contribution >= 4 is 39.1 Å². The van der Waals surface area contributed by atoms with E-state index in [1.54, 1.807) is 28.0 Å². The van der Waals surface area contributed by atoms with Gasteiger partial charge in [0.05, 0.1) is 22.9 Å². The Morgan fingerprint density at radius 2 is 1.91 bits per heavy atom. The van der Waals surface area contributed by atoms with Gasteiger partial charge >= 0.3 is 0 Å². The number of ether oxygens (including phenoxy) is 1. The molecule has 0 saturated carbocycles. The molecule has 2 aromatic heterocycles. The van der Waals surface area contributed by atoms with Crippen molar-refractivity contribution in [1.82, 2.24) is 9.55 Å². The summed E-state index contributed by atoms with van der Waals surface area (Å²) < 4.78 is 7.35. The number of thiophene rings is 1. The first-order chi connectivity index (χ1) is 16.9. The molecule has 0 fully saturated rings. The fourth-order valence-corrected chi connectivity index (χ4v) is 6.81. The van der Waals surface area contributed by atoms with E-state index in [4.69, 9.17) is 9.72 Å². The lowest BCUT2D eigenvalue weighted by atomic mass is 9.89. The fraction of sp³-hybridized carbons (Fsp3) is 0.321. The number of hydrogen-bond donors (Lipinski definition) is 0. The normalized spacial score (nSPS) is 15.4. The number of Topliss-reactive ketones (excluding diaryl/α,β-unsaturated/α-hetero) is 1. The molecule has 4 aromatic rings. The Labute approximate surface area is 213 Å². The van der Waals surface area contributed by atoms with E-state index < -0.39 is 0 Å². The third-order valence-corrected chi connectivity index (χ3v) is 8.28. The standard InChI is InChI=1S/C28H28N2O3S2/c1-17(2)33-21-12-10-19(11-13-21)23(31)16-34-28-29-26-25(22-14-9-18(3)15-24(22)35-26)27(32)30(28)20-7-5-4-6-8-20/h4-8,10-13,17-18H,9,14-16H2,1-3H3. The van der Waals surface area contributed by atoms with Crippen molar-refractivity contribution in [2.45, 2.75) is 51.3 Å². The number of aryl methyl sites for hydroxylation is 1. The molecule has 1 aliphatic carbocycles. The van der Waals surface area contributed by atoms with E-state index in [0.717, 1.165) is 40.9 Å². The number of aromatic nitrogens is 2. The van der Waals surface area contributed by atoms with Crippen molar-refractivity contribution in [2.24, 2.45) is 5.92 Å². The first-order valence-corrected chi connectivity index (χ1v) is 13.8. The molecule has 0 saturated heterocycles. The predicted octanol–water partition coefficient (Wildman–Crippen LogP) is 6.33. The predicted molar refractivity (Wildman–Crippen MR) is 144 cm³/mol. The van der Waals surface area contributed by atoms with Gasteiger partial charge in [-0.15, -0.1) is 11.3 Å². The Balaban J connectivity index is 1.49. The van der Waals surface area contributed by atoms with Crippen molar-refractivity contribution in [1.29, 1.82) is 0 Å². The van der Waals surface area contributed by atoms with Gasteiger partial charge in [0.1, 0.15) is 10.6 Å². The van der Waals surface area contributed by atoms with Crippen LogP contribution in [0.25, 0.3) is 15.9 Å². The maximum absolute atomic E-state index is 13.8. The van der Waals surface area contributed by atoms with Crippen molar-refractivity contribution < 1.29 is 9.53 Å². The summed E-state index contributed by atoms with van der Waals surface area (Å²) in [6.45, 7) is 6.20. The Morgan fingerprint density at radius 1 is 1.17 bits per heavy atom. The summed E-state index contributed by atoms with van der Waals surface area (Å²) in [5, 5.41) is 1.30. The molecule has 0 spiro atoms. The van der Waals surface area contributed by atoms with Crippen LogP contribution in [0.4, 0.5) is 0 Å². The van der Waals surface area contributed by atoms with Crippen LogP contribution in [0.15, 0.2) is 64.5 Å². The molecule has 1 atom stereocenters. The first kappa shape index (κ1) is 23.8. The van der Waals surface area contributed by atoms with E-state index in [9.17, 15) is 9.59 Å². The quantitative estimate of drug-likeness (QED) is 0.167. The van der Waals surface area contributed by atoms with Gasteiger partial charge < -0.3 is 4.74 Å². The number of rotatable bonds is 7. The molecule has 180 valence electrons. The summed E-state index contributed by atoms with van der Waals surface area (Å²) in [4.78, 5) is 33.8. The van der Waals surface area contributed by atoms with Gasteiger partial charge in [-0.1, -0.05) is 36.9 Å². The van der Waals surface area contributed by atoms with E-state index in [-0.39, 0.29) is 23.2 Å². The highest BCUT2D eigenvalue weighted by atomic mass is 32.2. The minimum atomic E-state index is -0.0432. The van der Waals surface area contributed by atoms with Gasteiger partial charge in [-0.2, -0.15) is 0 Å². The lowest BCUT2D eigenvalue weighted by molar-refractivity contribution is 0.102. The zero-order valence-corrected chi connectivity index (χ0v) is 21.7. The number of ketones is 1. The van der Waals surface area contributed by atoms with Gasteiger partial charge in [0.15, 0.2) is 10.9 Å². The van der Waals surface area contributed by atoms with Gasteiger partial charge in [0.25, 0.3) is 5.56 Å². The van der Waals surface area contributed by atoms with E-state index in [1.165, 1.54) is 22.2 Å². The Bertz CT molecular complexity index is 1420. The fourth-order valence-electron chi connectivity index (χ4n) is 4.48. The number of benzene rings is 2. The number of para-hydroxylation sites is 1. The van der Waals surface area contributed by atoms with E-state index in [1.807, 2.05) is 56.3 Å². The third-order valence-electron chi connectivity index (χ3n) is 6.19. The largest absolute Gasteiger partial charge is 0.491 e. The van der Waals surface area contributed by atoms with Crippen molar-refractivity contribution in [3.63, 3.8) is 0 Å². The molecule has 5 rings (SSSR count). The Morgan fingerprint density at radius 3 is 2.63 bits per heavy atom. The van der Waals surface area contributed by atoms with Crippen LogP contribution in [-0.4, -0.2) is 27.2 Å². The van der Waals surface area contributed by atoms with Crippen molar-refractivity contribution in [3.8, 4) is 11.4 Å². The van der Waals surface area contributed by atoms with Gasteiger partial charge in [0, 0.05) is 10.4 Å². The molecule has 0 N–H and O–H groups in total. The lowest BCUT2D eigenvalue weighted by Gasteiger charge is -2.17. The summed E-state index contributed by atoms with van der Waals surface area (Å²) in [5.74, 6) is 1.54. The van der Waals surface area contributed by atoms with Crippen LogP contribution < -0.4 is 10.3 Å². The van der Waals surface area contributed by atoms with Gasteiger partial charge in [-0.25, -0.2) is 4.98 Å². The molecule has 0 radical (unpaired) electrons. The summed E-state index contributed by atoms with van der Waals surface area (Å²) >= 11 is 2.95. The number of carbonyl (C=O) groups excluding carboxylic acids is 1. The zero-order valence-electron chi connectivity index (χ0n) is 20.1. The van der Waals surface area contributed by atoms with Crippen LogP contribution in [0.5, 0.6) is 5.75 Å². The molecule has 5 nitrogen and oxygen atoms in total. The summed E-state index contributed by atoms with van der Waals surface area (Å²) in [6.07, 6.45) is 3.09. The van der Waals surface area contributed by atoms with Crippen LogP contribution in [0, 0.1) is 5.92 Å². The number of nitrogens with zero attached hydrogens (tertiary/aromatic N) is 2. The second kappa shape index (κ2) is 9.99. The molecular formula is C28H28N2O3S2. The van der Waals surface area contributed by atoms with Crippen LogP contribution in [0.3, 0.4) is 0 Å². The molecule has 7 heteroatoms. The molecule has 1 aliphatic rings. The lowest BCUT2D eigenvalue weighted by Crippen LogP contribution is -2.23. The molecular weight excluding hydrogens is 476 g/mol. The topological polar surface area (TPSA) is 61.2 Å². The minimum Gasteiger partial charge on any atom is -0.491 e. The average molecular weight is 505 g/mol. The Kier molecular flexibility index (Phi) is 6.80. The first-order valence-electron chi connectivity index (χ1n) is 12.0. The van der Waals surface area contributed by atoms with Crippen LogP contribution in [0.1, 0.15) is 48.0 Å². The number of hydrogen-bond acceptors (Lipinski definition) is 6. The Hall–Kier alpha value is -2.90. The highest BCUT2D eigenvalue weighted by Gasteiger charge is 2.25. The van der Waals surface area contributed by atoms with E-state index >= 15 is 0 Å². The molecule has 0 amide bonds. The van der Waals surface area contributed by atoms with E-state index in [0.29, 0.717) is 16.6 Å². The maximum atomic E-state index is 13.8. The van der Waals surface area contributed by atoms with Gasteiger partial charge in [0.2, 0.25) is 0 Å². The summed E-state index contributed by atoms with van der Waals surface area (Å²) in [7, 11) is 0. The molecule has 0 aliphatic heterocycles. The van der Waals surface area contributed by atoms with Crippen LogP contribution in [0.2, 0.25) is 0 Å². The number of carbonyl (C=O) groups is 1. The SMILES string of the molecule is CC1CCc2c(sc3nc(SCC(=O)c4ccc(OC(C)C)cc4)n(-c4ccccc4)c(=O)c23)C1. The summed E-state index contributed by atoms with van der Waals surface area (Å²) in [6, 6.07) is 16.8. The second-order valence-electron chi connectivity index (χ2n) is 9.31. The third kappa shape index (κ3) is 4.93. The number of fused-ring (bicyclic) bond motifs is 3. The van der Waals surface area contributed by atoms with Gasteiger partial charge in [-0.3, -0.25) is 14.2 Å². The molecule has 0 bridgehead atoms. The molecule has 35 heavy (non-hydrogen) atoms. The smallest absolute Gasteiger partial charge is 0.267 e. The highest BCUT2D eigenvalue weighted by Crippen LogP contribution is 2.37. The molecule has 2 aromatic carbocycles. The molecule has 2 heterocycles. The van der Waals surface area contributed by atoms with Crippen LogP contribution >= 0.6 is 23.1 Å². The average Bonchev–Trinajstić information content (AvgIpc) is 3.20. The number of thioether (sulfide) groups is 1. The zero-order chi connectivity index (χ0) is 24.5. The highest BCUT2D eigenvalue weighted by molar-refractivity contribution is 7.99. The van der Waals surface area contributed by atoms with Crippen molar-refractivity contribution in [2.75, 3.05) is 5.75 Å². The second-order valence-corrected chi connectivity index (χ2v) is 11.3. The van der Waals surface area contributed by atoms with E-state index in [2.05, 4.69) is 6.92 Å². The minimum absolute atomic E-state index is 0.0145. The molecule has 1 unspecified atom stereocenters. The van der Waals surface area contributed by atoms with Gasteiger partial charge in [-0.05, 0) is 81.0 Å². The summed E-state index contributed by atoms with van der Waals surface area (Å²) in [5.41, 5.74) is 2.50. The maximum Gasteiger partial charge on any atom is 0.267 e. The monoisotopic (exact) mass is 504 g/mol. The van der Waals surface area contributed by atoms with Crippen LogP contribution in [-0.2, 0) is 12.8 Å².